The maximum absolute atomic E-state index is 13.1. The van der Waals surface area contributed by atoms with Gasteiger partial charge in [-0.2, -0.15) is 18.3 Å². The van der Waals surface area contributed by atoms with Gasteiger partial charge in [0.05, 0.1) is 23.0 Å². The number of alkyl halides is 3. The summed E-state index contributed by atoms with van der Waals surface area (Å²) in [6.45, 7) is 0.178. The van der Waals surface area contributed by atoms with Gasteiger partial charge in [0.2, 0.25) is 0 Å². The van der Waals surface area contributed by atoms with E-state index in [9.17, 15) is 18.0 Å². The van der Waals surface area contributed by atoms with E-state index < -0.39 is 11.7 Å². The first kappa shape index (κ1) is 20.3. The van der Waals surface area contributed by atoms with Crippen LogP contribution in [-0.4, -0.2) is 33.3 Å². The van der Waals surface area contributed by atoms with Crippen LogP contribution in [0.4, 0.5) is 18.9 Å². The fraction of sp³-hybridized carbons (Fsp3) is 0.526. The zero-order valence-corrected chi connectivity index (χ0v) is 15.6. The monoisotopic (exact) mass is 396 g/mol. The number of carbonyl (C=O) groups excluding carboxylic acids is 1. The Morgan fingerprint density at radius 1 is 1.18 bits per heavy atom. The number of anilines is 1. The lowest BCUT2D eigenvalue weighted by Gasteiger charge is -2.18. The summed E-state index contributed by atoms with van der Waals surface area (Å²) in [7, 11) is 0. The van der Waals surface area contributed by atoms with Gasteiger partial charge in [-0.3, -0.25) is 4.79 Å². The molecule has 1 heterocycles. The van der Waals surface area contributed by atoms with Crippen molar-refractivity contribution in [2.45, 2.75) is 57.2 Å². The first-order chi connectivity index (χ1) is 13.4. The summed E-state index contributed by atoms with van der Waals surface area (Å²) >= 11 is 0. The van der Waals surface area contributed by atoms with Crippen LogP contribution < -0.4 is 10.6 Å². The third-order valence-electron chi connectivity index (χ3n) is 5.05. The highest BCUT2D eigenvalue weighted by Gasteiger charge is 2.31. The van der Waals surface area contributed by atoms with Crippen LogP contribution in [0.25, 0.3) is 5.69 Å². The maximum Gasteiger partial charge on any atom is 0.416 e. The van der Waals surface area contributed by atoms with Crippen LogP contribution in [0.2, 0.25) is 0 Å². The molecule has 6 nitrogen and oxygen atoms in total. The smallest absolute Gasteiger partial charge is 0.336 e. The Labute approximate surface area is 161 Å². The molecule has 1 aliphatic carbocycles. The second-order valence-corrected chi connectivity index (χ2v) is 7.16. The molecule has 152 valence electrons. The minimum Gasteiger partial charge on any atom is -0.336 e. The van der Waals surface area contributed by atoms with Crippen LogP contribution in [0.15, 0.2) is 30.9 Å². The van der Waals surface area contributed by atoms with E-state index in [4.69, 9.17) is 0 Å². The SMILES string of the molecule is O=C(C[NH2+]C1CCCCCCC1)Nc1cc(C(F)(F)F)ccc1-n1cncn1. The Morgan fingerprint density at radius 2 is 1.89 bits per heavy atom. The van der Waals surface area contributed by atoms with Crippen molar-refractivity contribution in [3.63, 3.8) is 0 Å². The molecule has 1 aromatic heterocycles. The second kappa shape index (κ2) is 9.18. The number of nitrogens with one attached hydrogen (secondary N) is 1. The summed E-state index contributed by atoms with van der Waals surface area (Å²) in [6, 6.07) is 3.58. The molecule has 1 aliphatic rings. The third-order valence-corrected chi connectivity index (χ3v) is 5.05. The average Bonchev–Trinajstić information content (AvgIpc) is 3.14. The van der Waals surface area contributed by atoms with E-state index in [0.29, 0.717) is 11.7 Å². The van der Waals surface area contributed by atoms with Gasteiger partial charge in [0, 0.05) is 0 Å². The van der Waals surface area contributed by atoms with Crippen molar-refractivity contribution in [2.24, 2.45) is 0 Å². The average molecular weight is 396 g/mol. The van der Waals surface area contributed by atoms with Gasteiger partial charge in [0.25, 0.3) is 5.91 Å². The van der Waals surface area contributed by atoms with Crippen molar-refractivity contribution in [1.29, 1.82) is 0 Å². The molecule has 9 heteroatoms. The molecule has 0 aliphatic heterocycles. The van der Waals surface area contributed by atoms with Crippen LogP contribution in [0.1, 0.15) is 50.5 Å². The molecule has 1 amide bonds. The van der Waals surface area contributed by atoms with Crippen molar-refractivity contribution in [3.8, 4) is 5.69 Å². The van der Waals surface area contributed by atoms with Gasteiger partial charge in [0.15, 0.2) is 6.54 Å². The first-order valence-corrected chi connectivity index (χ1v) is 9.63. The molecule has 2 aromatic rings. The number of quaternary nitrogens is 1. The Bertz CT molecular complexity index is 768. The van der Waals surface area contributed by atoms with Crippen LogP contribution >= 0.6 is 0 Å². The van der Waals surface area contributed by atoms with E-state index in [0.717, 1.165) is 37.8 Å². The number of carbonyl (C=O) groups is 1. The number of hydrogen-bond donors (Lipinski definition) is 2. The number of aromatic nitrogens is 3. The predicted molar refractivity (Wildman–Crippen MR) is 97.9 cm³/mol. The molecule has 0 spiro atoms. The molecule has 1 aromatic carbocycles. The molecular weight excluding hydrogens is 371 g/mol. The van der Waals surface area contributed by atoms with Crippen LogP contribution in [-0.2, 0) is 11.0 Å². The standard InChI is InChI=1S/C19H24F3N5O/c20-19(21,22)14-8-9-17(27-13-23-12-25-27)16(10-14)26-18(28)11-24-15-6-4-2-1-3-5-7-15/h8-10,12-13,15,24H,1-7,11H2,(H,26,28)/p+1. The molecule has 0 radical (unpaired) electrons. The zero-order chi connectivity index (χ0) is 20.0. The number of halogens is 3. The van der Waals surface area contributed by atoms with Crippen molar-refractivity contribution < 1.29 is 23.3 Å². The van der Waals surface area contributed by atoms with Gasteiger partial charge in [-0.15, -0.1) is 0 Å². The van der Waals surface area contributed by atoms with Crippen LogP contribution in [0, 0.1) is 0 Å². The van der Waals surface area contributed by atoms with Gasteiger partial charge in [-0.05, 0) is 43.9 Å². The number of amides is 1. The lowest BCUT2D eigenvalue weighted by atomic mass is 9.97. The van der Waals surface area contributed by atoms with Gasteiger partial charge in [-0.25, -0.2) is 9.67 Å². The summed E-state index contributed by atoms with van der Waals surface area (Å²) in [6.07, 6.45) is 6.34. The normalized spacial score (nSPS) is 16.4. The van der Waals surface area contributed by atoms with Crippen LogP contribution in [0.5, 0.6) is 0 Å². The van der Waals surface area contributed by atoms with E-state index in [1.54, 1.807) is 0 Å². The molecule has 1 fully saturated rings. The summed E-state index contributed by atoms with van der Waals surface area (Å²) in [5.41, 5.74) is -0.420. The van der Waals surface area contributed by atoms with Crippen molar-refractivity contribution in [2.75, 3.05) is 11.9 Å². The molecule has 1 saturated carbocycles. The second-order valence-electron chi connectivity index (χ2n) is 7.16. The van der Waals surface area contributed by atoms with E-state index in [1.807, 2.05) is 5.32 Å². The molecule has 0 unspecified atom stereocenters. The highest BCUT2D eigenvalue weighted by molar-refractivity contribution is 5.93. The fourth-order valence-electron chi connectivity index (χ4n) is 3.54. The molecular formula is C19H25F3N5O+. The number of nitrogens with zero attached hydrogens (tertiary/aromatic N) is 3. The molecule has 0 saturated heterocycles. The maximum atomic E-state index is 13.1. The van der Waals surface area contributed by atoms with Gasteiger partial charge < -0.3 is 10.6 Å². The highest BCUT2D eigenvalue weighted by Crippen LogP contribution is 2.33. The molecule has 0 bridgehead atoms. The number of benzene rings is 1. The predicted octanol–water partition coefficient (Wildman–Crippen LogP) is 2.90. The topological polar surface area (TPSA) is 76.4 Å². The molecule has 3 N–H and O–H groups in total. The van der Waals surface area contributed by atoms with Gasteiger partial charge >= 0.3 is 6.18 Å². The van der Waals surface area contributed by atoms with E-state index in [2.05, 4.69) is 15.4 Å². The number of rotatable bonds is 5. The van der Waals surface area contributed by atoms with Crippen molar-refractivity contribution >= 4 is 11.6 Å². The summed E-state index contributed by atoms with van der Waals surface area (Å²) < 4.78 is 40.6. The highest BCUT2D eigenvalue weighted by atomic mass is 19.4. The van der Waals surface area contributed by atoms with E-state index >= 15 is 0 Å². The molecule has 3 rings (SSSR count). The molecule has 0 atom stereocenters. The third kappa shape index (κ3) is 5.54. The van der Waals surface area contributed by atoms with Crippen molar-refractivity contribution in [1.82, 2.24) is 14.8 Å². The lowest BCUT2D eigenvalue weighted by Crippen LogP contribution is -2.91. The van der Waals surface area contributed by atoms with E-state index in [-0.39, 0.29) is 18.1 Å². The minimum absolute atomic E-state index is 0.0661. The van der Waals surface area contributed by atoms with Gasteiger partial charge in [0.1, 0.15) is 12.7 Å². The largest absolute Gasteiger partial charge is 0.416 e. The first-order valence-electron chi connectivity index (χ1n) is 9.63. The summed E-state index contributed by atoms with van der Waals surface area (Å²) in [5, 5.41) is 8.57. The fourth-order valence-corrected chi connectivity index (χ4v) is 3.54. The Morgan fingerprint density at radius 3 is 2.54 bits per heavy atom. The Hall–Kier alpha value is -2.42. The number of hydrogen-bond acceptors (Lipinski definition) is 3. The zero-order valence-electron chi connectivity index (χ0n) is 15.6. The summed E-state index contributed by atoms with van der Waals surface area (Å²) in [4.78, 5) is 16.2. The Kier molecular flexibility index (Phi) is 6.66. The molecule has 28 heavy (non-hydrogen) atoms. The lowest BCUT2D eigenvalue weighted by molar-refractivity contribution is -0.680. The van der Waals surface area contributed by atoms with Crippen LogP contribution in [0.3, 0.4) is 0 Å². The summed E-state index contributed by atoms with van der Waals surface area (Å²) in [5.74, 6) is -0.331. The van der Waals surface area contributed by atoms with Gasteiger partial charge in [-0.1, -0.05) is 19.3 Å². The quantitative estimate of drug-likeness (QED) is 0.816. The number of nitrogens with two attached hydrogens (primary N) is 1. The van der Waals surface area contributed by atoms with E-state index in [1.165, 1.54) is 42.7 Å². The minimum atomic E-state index is -4.49. The van der Waals surface area contributed by atoms with Crippen molar-refractivity contribution in [3.05, 3.63) is 36.4 Å². The Balaban J connectivity index is 1.69.